The average Bonchev–Trinajstić information content (AvgIpc) is 2.39. The van der Waals surface area contributed by atoms with Crippen LogP contribution >= 0.6 is 0 Å². The van der Waals surface area contributed by atoms with Gasteiger partial charge < -0.3 is 15.6 Å². The van der Waals surface area contributed by atoms with E-state index < -0.39 is 0 Å². The zero-order chi connectivity index (χ0) is 15.0. The number of hydrogen-bond donors (Lipinski definition) is 2. The van der Waals surface area contributed by atoms with Crippen LogP contribution in [0.5, 0.6) is 11.5 Å². The molecule has 1 aromatic heterocycles. The average molecular weight is 274 g/mol. The van der Waals surface area contributed by atoms with Crippen molar-refractivity contribution in [3.05, 3.63) is 53.9 Å². The van der Waals surface area contributed by atoms with Crippen molar-refractivity contribution >= 4 is 0 Å². The van der Waals surface area contributed by atoms with Gasteiger partial charge in [0.1, 0.15) is 18.1 Å². The minimum Gasteiger partial charge on any atom is -0.508 e. The summed E-state index contributed by atoms with van der Waals surface area (Å²) < 4.78 is 5.60. The first-order valence-corrected chi connectivity index (χ1v) is 6.54. The molecule has 0 aliphatic rings. The van der Waals surface area contributed by atoms with Crippen LogP contribution in [0.1, 0.15) is 18.1 Å². The normalized spacial score (nSPS) is 11.2. The van der Waals surface area contributed by atoms with E-state index in [1.54, 1.807) is 0 Å². The van der Waals surface area contributed by atoms with Gasteiger partial charge >= 0.3 is 0 Å². The first-order chi connectivity index (χ1) is 9.50. The number of nitrogens with two attached hydrogens (primary N) is 1. The second kappa shape index (κ2) is 8.17. The van der Waals surface area contributed by atoms with Crippen LogP contribution in [-0.2, 0) is 0 Å². The molecule has 108 valence electrons. The van der Waals surface area contributed by atoms with Crippen molar-refractivity contribution in [2.45, 2.75) is 26.8 Å². The summed E-state index contributed by atoms with van der Waals surface area (Å²) in [5.74, 6) is 1.23. The summed E-state index contributed by atoms with van der Waals surface area (Å²) in [7, 11) is 0. The number of hydrogen-bond acceptors (Lipinski definition) is 4. The number of rotatable bonds is 3. The lowest BCUT2D eigenvalue weighted by Gasteiger charge is -2.13. The molecule has 1 atom stereocenters. The molecule has 2 aromatic rings. The van der Waals surface area contributed by atoms with Crippen molar-refractivity contribution < 1.29 is 9.84 Å². The molecular formula is C16H22N2O2. The van der Waals surface area contributed by atoms with Crippen molar-refractivity contribution in [1.82, 2.24) is 4.98 Å². The van der Waals surface area contributed by atoms with Gasteiger partial charge in [-0.15, -0.1) is 0 Å². The van der Waals surface area contributed by atoms with Gasteiger partial charge in [-0.05, 0) is 44.0 Å². The van der Waals surface area contributed by atoms with Crippen LogP contribution in [0.2, 0.25) is 0 Å². The SMILES string of the molecule is Cc1cccc(C)c1OCC(C)N.Oc1ccncc1. The van der Waals surface area contributed by atoms with Gasteiger partial charge in [-0.1, -0.05) is 18.2 Å². The fourth-order valence-corrected chi connectivity index (χ4v) is 1.59. The second-order valence-electron chi connectivity index (χ2n) is 4.71. The van der Waals surface area contributed by atoms with Gasteiger partial charge in [-0.25, -0.2) is 0 Å². The highest BCUT2D eigenvalue weighted by atomic mass is 16.5. The Hall–Kier alpha value is -2.07. The van der Waals surface area contributed by atoms with E-state index in [-0.39, 0.29) is 11.8 Å². The Morgan fingerprint density at radius 1 is 1.15 bits per heavy atom. The summed E-state index contributed by atoms with van der Waals surface area (Å²) in [4.78, 5) is 3.69. The van der Waals surface area contributed by atoms with Crippen LogP contribution in [0, 0.1) is 13.8 Å². The van der Waals surface area contributed by atoms with E-state index in [4.69, 9.17) is 15.6 Å². The van der Waals surface area contributed by atoms with Crippen molar-refractivity contribution in [3.8, 4) is 11.5 Å². The molecule has 0 radical (unpaired) electrons. The molecular weight excluding hydrogens is 252 g/mol. The molecule has 0 bridgehead atoms. The molecule has 2 rings (SSSR count). The van der Waals surface area contributed by atoms with Gasteiger partial charge in [-0.3, -0.25) is 4.98 Å². The maximum absolute atomic E-state index is 8.59. The Kier molecular flexibility index (Phi) is 6.53. The van der Waals surface area contributed by atoms with E-state index >= 15 is 0 Å². The van der Waals surface area contributed by atoms with Crippen molar-refractivity contribution in [1.29, 1.82) is 0 Å². The van der Waals surface area contributed by atoms with Gasteiger partial charge in [0.25, 0.3) is 0 Å². The lowest BCUT2D eigenvalue weighted by molar-refractivity contribution is 0.292. The van der Waals surface area contributed by atoms with Crippen LogP contribution in [0.25, 0.3) is 0 Å². The third kappa shape index (κ3) is 5.71. The maximum Gasteiger partial charge on any atom is 0.125 e. The largest absolute Gasteiger partial charge is 0.508 e. The van der Waals surface area contributed by atoms with E-state index in [1.165, 1.54) is 35.7 Å². The molecule has 0 spiro atoms. The lowest BCUT2D eigenvalue weighted by atomic mass is 10.1. The molecule has 0 aliphatic heterocycles. The molecule has 0 amide bonds. The van der Waals surface area contributed by atoms with E-state index in [2.05, 4.69) is 4.98 Å². The smallest absolute Gasteiger partial charge is 0.125 e. The topological polar surface area (TPSA) is 68.4 Å². The van der Waals surface area contributed by atoms with Crippen LogP contribution in [0.4, 0.5) is 0 Å². The van der Waals surface area contributed by atoms with Gasteiger partial charge in [0.15, 0.2) is 0 Å². The number of aryl methyl sites for hydroxylation is 2. The molecule has 1 heterocycles. The molecule has 20 heavy (non-hydrogen) atoms. The standard InChI is InChI=1S/C11H17NO.C5H5NO/c1-8-5-4-6-9(2)11(8)13-7-10(3)12;7-5-1-3-6-4-2-5/h4-6,10H,7,12H2,1-3H3;1-4H,(H,6,7). The Morgan fingerprint density at radius 2 is 1.70 bits per heavy atom. The number of ether oxygens (including phenoxy) is 1. The quantitative estimate of drug-likeness (QED) is 0.903. The molecule has 1 unspecified atom stereocenters. The fourth-order valence-electron chi connectivity index (χ4n) is 1.59. The Balaban J connectivity index is 0.000000240. The summed E-state index contributed by atoms with van der Waals surface area (Å²) in [6, 6.07) is 9.26. The minimum atomic E-state index is 0.0824. The predicted molar refractivity (Wildman–Crippen MR) is 81.0 cm³/mol. The van der Waals surface area contributed by atoms with Crippen molar-refractivity contribution in [2.75, 3.05) is 6.61 Å². The van der Waals surface area contributed by atoms with Gasteiger partial charge in [0.05, 0.1) is 0 Å². The third-order valence-electron chi connectivity index (χ3n) is 2.56. The van der Waals surface area contributed by atoms with Crippen molar-refractivity contribution in [3.63, 3.8) is 0 Å². The zero-order valence-electron chi connectivity index (χ0n) is 12.2. The highest BCUT2D eigenvalue weighted by Gasteiger charge is 2.03. The first kappa shape index (κ1) is 16.0. The van der Waals surface area contributed by atoms with Crippen LogP contribution in [0.15, 0.2) is 42.7 Å². The van der Waals surface area contributed by atoms with Crippen molar-refractivity contribution in [2.24, 2.45) is 5.73 Å². The van der Waals surface area contributed by atoms with E-state index in [1.807, 2.05) is 39.0 Å². The van der Waals surface area contributed by atoms with Gasteiger partial charge in [-0.2, -0.15) is 0 Å². The number of aromatic hydroxyl groups is 1. The Morgan fingerprint density at radius 3 is 2.10 bits per heavy atom. The zero-order valence-corrected chi connectivity index (χ0v) is 12.2. The molecule has 0 saturated heterocycles. The number of nitrogens with zero attached hydrogens (tertiary/aromatic N) is 1. The third-order valence-corrected chi connectivity index (χ3v) is 2.56. The number of pyridine rings is 1. The highest BCUT2D eigenvalue weighted by Crippen LogP contribution is 2.22. The molecule has 0 aliphatic carbocycles. The fraction of sp³-hybridized carbons (Fsp3) is 0.312. The summed E-state index contributed by atoms with van der Waals surface area (Å²) in [6.45, 7) is 6.60. The van der Waals surface area contributed by atoms with E-state index in [0.29, 0.717) is 6.61 Å². The molecule has 4 heteroatoms. The molecule has 0 fully saturated rings. The lowest BCUT2D eigenvalue weighted by Crippen LogP contribution is -2.24. The Bertz CT molecular complexity index is 493. The number of para-hydroxylation sites is 1. The molecule has 1 aromatic carbocycles. The predicted octanol–water partition coefficient (Wildman–Crippen LogP) is 2.82. The minimum absolute atomic E-state index is 0.0824. The first-order valence-electron chi connectivity index (χ1n) is 6.54. The summed E-state index contributed by atoms with van der Waals surface area (Å²) in [5.41, 5.74) is 7.95. The van der Waals surface area contributed by atoms with Crippen LogP contribution < -0.4 is 10.5 Å². The number of aromatic nitrogens is 1. The monoisotopic (exact) mass is 274 g/mol. The summed E-state index contributed by atoms with van der Waals surface area (Å²) in [5, 5.41) is 8.59. The maximum atomic E-state index is 8.59. The number of benzene rings is 1. The van der Waals surface area contributed by atoms with Gasteiger partial charge in [0.2, 0.25) is 0 Å². The molecule has 4 nitrogen and oxygen atoms in total. The summed E-state index contributed by atoms with van der Waals surface area (Å²) >= 11 is 0. The van der Waals surface area contributed by atoms with Gasteiger partial charge in [0, 0.05) is 18.4 Å². The molecule has 3 N–H and O–H groups in total. The van der Waals surface area contributed by atoms with Crippen LogP contribution in [-0.4, -0.2) is 22.7 Å². The van der Waals surface area contributed by atoms with E-state index in [9.17, 15) is 0 Å². The highest BCUT2D eigenvalue weighted by molar-refractivity contribution is 5.39. The Labute approximate surface area is 120 Å². The summed E-state index contributed by atoms with van der Waals surface area (Å²) in [6.07, 6.45) is 3.07. The van der Waals surface area contributed by atoms with Crippen LogP contribution in [0.3, 0.4) is 0 Å². The second-order valence-corrected chi connectivity index (χ2v) is 4.71. The van der Waals surface area contributed by atoms with E-state index in [0.717, 1.165) is 5.75 Å². The molecule has 0 saturated carbocycles.